The third kappa shape index (κ3) is 2.59. The van der Waals surface area contributed by atoms with Crippen LogP contribution in [0.4, 0.5) is 4.79 Å². The number of halogens is 1. The van der Waals surface area contributed by atoms with E-state index >= 15 is 0 Å². The summed E-state index contributed by atoms with van der Waals surface area (Å²) in [6.45, 7) is 1.40. The van der Waals surface area contributed by atoms with Gasteiger partial charge < -0.3 is 4.74 Å². The number of nitrogens with zero attached hydrogens (tertiary/aromatic N) is 1. The zero-order valence-electron chi connectivity index (χ0n) is 10.8. The Bertz CT molecular complexity index is 464. The van der Waals surface area contributed by atoms with Crippen molar-refractivity contribution in [2.45, 2.75) is 41.8 Å². The average Bonchev–Trinajstić information content (AvgIpc) is 2.72. The Balaban J connectivity index is 1.73. The normalized spacial score (nSPS) is 30.7. The molecule has 0 bridgehead atoms. The topological polar surface area (TPSA) is 29.5 Å². The van der Waals surface area contributed by atoms with Crippen molar-refractivity contribution >= 4 is 28.7 Å². The fraction of sp³-hybridized carbons (Fsp3) is 0.533. The summed E-state index contributed by atoms with van der Waals surface area (Å²) in [6, 6.07) is 10.1. The van der Waals surface area contributed by atoms with E-state index in [4.69, 9.17) is 4.74 Å². The van der Waals surface area contributed by atoms with E-state index in [1.807, 2.05) is 23.1 Å². The average molecular weight is 371 g/mol. The van der Waals surface area contributed by atoms with E-state index in [9.17, 15) is 4.79 Å². The van der Waals surface area contributed by atoms with Crippen molar-refractivity contribution < 1.29 is 9.53 Å². The van der Waals surface area contributed by atoms with Crippen molar-refractivity contribution in [1.82, 2.24) is 4.90 Å². The van der Waals surface area contributed by atoms with Crippen molar-refractivity contribution in [2.75, 3.05) is 6.54 Å². The maximum absolute atomic E-state index is 12.1. The molecule has 2 atom stereocenters. The molecule has 0 aromatic heterocycles. The van der Waals surface area contributed by atoms with Gasteiger partial charge in [0.05, 0.1) is 10.5 Å². The molecule has 102 valence electrons. The largest absolute Gasteiger partial charge is 0.440 e. The predicted octanol–water partition coefficient (Wildman–Crippen LogP) is 3.76. The minimum absolute atomic E-state index is 0.146. The second kappa shape index (κ2) is 5.31. The van der Waals surface area contributed by atoms with Crippen LogP contribution in [0.2, 0.25) is 0 Å². The van der Waals surface area contributed by atoms with Gasteiger partial charge in [-0.15, -0.1) is 0 Å². The number of benzene rings is 1. The fourth-order valence-corrected chi connectivity index (χ4v) is 4.12. The van der Waals surface area contributed by atoms with Gasteiger partial charge >= 0.3 is 6.09 Å². The van der Waals surface area contributed by atoms with Gasteiger partial charge in [0, 0.05) is 6.54 Å². The minimum atomic E-state index is -0.231. The van der Waals surface area contributed by atoms with Crippen LogP contribution in [-0.4, -0.2) is 27.1 Å². The molecule has 0 radical (unpaired) electrons. The second-order valence-electron chi connectivity index (χ2n) is 5.49. The molecule has 0 unspecified atom stereocenters. The molecule has 1 saturated heterocycles. The van der Waals surface area contributed by atoms with Crippen LogP contribution < -0.4 is 0 Å². The van der Waals surface area contributed by atoms with Gasteiger partial charge in [-0.2, -0.15) is 0 Å². The van der Waals surface area contributed by atoms with E-state index in [0.717, 1.165) is 24.9 Å². The maximum Gasteiger partial charge on any atom is 0.410 e. The molecule has 4 heteroatoms. The Morgan fingerprint density at radius 2 is 2.11 bits per heavy atom. The van der Waals surface area contributed by atoms with Crippen LogP contribution in [0.1, 0.15) is 31.2 Å². The summed E-state index contributed by atoms with van der Waals surface area (Å²) in [6.07, 6.45) is 4.45. The number of carbonyl (C=O) groups excluding carboxylic acids is 1. The number of carbonyl (C=O) groups is 1. The molecular weight excluding hydrogens is 353 g/mol. The van der Waals surface area contributed by atoms with Crippen LogP contribution >= 0.6 is 22.6 Å². The van der Waals surface area contributed by atoms with Gasteiger partial charge in [0.15, 0.2) is 0 Å². The lowest BCUT2D eigenvalue weighted by atomic mass is 9.85. The summed E-state index contributed by atoms with van der Waals surface area (Å²) in [7, 11) is 0. The summed E-state index contributed by atoms with van der Waals surface area (Å²) >= 11 is 2.46. The van der Waals surface area contributed by atoms with Gasteiger partial charge in [0.1, 0.15) is 5.60 Å². The SMILES string of the molecule is O=C1O[C@@]2(CCCC[C@H]2I)CN1Cc1ccccc1. The lowest BCUT2D eigenvalue weighted by molar-refractivity contribution is 0.0358. The smallest absolute Gasteiger partial charge is 0.410 e. The zero-order chi connectivity index (χ0) is 13.3. The highest BCUT2D eigenvalue weighted by molar-refractivity contribution is 14.1. The van der Waals surface area contributed by atoms with Gasteiger partial charge in [-0.1, -0.05) is 59.3 Å². The quantitative estimate of drug-likeness (QED) is 0.585. The fourth-order valence-electron chi connectivity index (χ4n) is 3.04. The first-order valence-electron chi connectivity index (χ1n) is 6.85. The molecule has 1 spiro atoms. The number of hydrogen-bond acceptors (Lipinski definition) is 2. The summed E-state index contributed by atoms with van der Waals surface area (Å²) in [5.41, 5.74) is 0.933. The van der Waals surface area contributed by atoms with Crippen molar-refractivity contribution in [3.63, 3.8) is 0 Å². The molecule has 1 aliphatic heterocycles. The van der Waals surface area contributed by atoms with E-state index in [0.29, 0.717) is 10.5 Å². The predicted molar refractivity (Wildman–Crippen MR) is 82.3 cm³/mol. The molecule has 0 N–H and O–H groups in total. The van der Waals surface area contributed by atoms with E-state index in [-0.39, 0.29) is 11.7 Å². The third-order valence-electron chi connectivity index (χ3n) is 4.10. The van der Waals surface area contributed by atoms with Crippen LogP contribution in [0.5, 0.6) is 0 Å². The molecule has 1 aromatic rings. The first-order chi connectivity index (χ1) is 9.20. The molecule has 1 amide bonds. The van der Waals surface area contributed by atoms with E-state index in [2.05, 4.69) is 34.7 Å². The van der Waals surface area contributed by atoms with Crippen molar-refractivity contribution in [1.29, 1.82) is 0 Å². The first kappa shape index (κ1) is 13.2. The summed E-state index contributed by atoms with van der Waals surface area (Å²) in [5.74, 6) is 0. The van der Waals surface area contributed by atoms with E-state index in [1.165, 1.54) is 12.8 Å². The Kier molecular flexibility index (Phi) is 3.69. The molecule has 1 aliphatic carbocycles. The van der Waals surface area contributed by atoms with Crippen LogP contribution in [0.25, 0.3) is 0 Å². The number of amides is 1. The molecule has 2 fully saturated rings. The highest BCUT2D eigenvalue weighted by Gasteiger charge is 2.50. The number of hydrogen-bond donors (Lipinski definition) is 0. The molecular formula is C15H18INO2. The monoisotopic (exact) mass is 371 g/mol. The van der Waals surface area contributed by atoms with Crippen molar-refractivity contribution in [2.24, 2.45) is 0 Å². The lowest BCUT2D eigenvalue weighted by Crippen LogP contribution is -2.45. The summed E-state index contributed by atoms with van der Waals surface area (Å²) in [5, 5.41) is 0. The Hall–Kier alpha value is -0.780. The molecule has 19 heavy (non-hydrogen) atoms. The highest BCUT2D eigenvalue weighted by Crippen LogP contribution is 2.41. The molecule has 3 nitrogen and oxygen atoms in total. The number of ether oxygens (including phenoxy) is 1. The number of alkyl halides is 1. The third-order valence-corrected chi connectivity index (χ3v) is 5.86. The van der Waals surface area contributed by atoms with Crippen LogP contribution in [0.3, 0.4) is 0 Å². The summed E-state index contributed by atoms with van der Waals surface area (Å²) < 4.78 is 6.21. The molecule has 3 rings (SSSR count). The molecule has 1 heterocycles. The molecule has 2 aliphatic rings. The van der Waals surface area contributed by atoms with Gasteiger partial charge in [-0.05, 0) is 24.8 Å². The lowest BCUT2D eigenvalue weighted by Gasteiger charge is -2.35. The standard InChI is InChI=1S/C15H18INO2/c16-13-8-4-5-9-15(13)11-17(14(18)19-15)10-12-6-2-1-3-7-12/h1-3,6-7,13H,4-5,8-11H2/t13-,15+/m1/s1. The van der Waals surface area contributed by atoms with Crippen LogP contribution in [-0.2, 0) is 11.3 Å². The summed E-state index contributed by atoms with van der Waals surface area (Å²) in [4.78, 5) is 14.0. The van der Waals surface area contributed by atoms with Crippen LogP contribution in [0.15, 0.2) is 30.3 Å². The van der Waals surface area contributed by atoms with Crippen molar-refractivity contribution in [3.8, 4) is 0 Å². The zero-order valence-corrected chi connectivity index (χ0v) is 13.0. The Morgan fingerprint density at radius 1 is 1.32 bits per heavy atom. The number of rotatable bonds is 2. The maximum atomic E-state index is 12.1. The van der Waals surface area contributed by atoms with Gasteiger partial charge in [-0.3, -0.25) is 4.90 Å². The van der Waals surface area contributed by atoms with Gasteiger partial charge in [0.25, 0.3) is 0 Å². The first-order valence-corrected chi connectivity index (χ1v) is 8.10. The van der Waals surface area contributed by atoms with Crippen molar-refractivity contribution in [3.05, 3.63) is 35.9 Å². The molecule has 1 aromatic carbocycles. The Labute approximate surface area is 127 Å². The Morgan fingerprint density at radius 3 is 2.84 bits per heavy atom. The highest BCUT2D eigenvalue weighted by atomic mass is 127. The van der Waals surface area contributed by atoms with E-state index < -0.39 is 0 Å². The minimum Gasteiger partial charge on any atom is -0.440 e. The van der Waals surface area contributed by atoms with Crippen LogP contribution in [0, 0.1) is 0 Å². The van der Waals surface area contributed by atoms with Gasteiger partial charge in [-0.25, -0.2) is 4.79 Å². The van der Waals surface area contributed by atoms with E-state index in [1.54, 1.807) is 0 Å². The van der Waals surface area contributed by atoms with Gasteiger partial charge in [0.2, 0.25) is 0 Å². The second-order valence-corrected chi connectivity index (χ2v) is 6.99. The molecule has 1 saturated carbocycles.